The summed E-state index contributed by atoms with van der Waals surface area (Å²) in [7, 11) is 0. The van der Waals surface area contributed by atoms with Gasteiger partial charge in [-0.2, -0.15) is 0 Å². The molecule has 0 aromatic rings. The summed E-state index contributed by atoms with van der Waals surface area (Å²) in [6.07, 6.45) is 2.28. The molecule has 2 saturated heterocycles. The zero-order valence-corrected chi connectivity index (χ0v) is 15.0. The lowest BCUT2D eigenvalue weighted by Crippen LogP contribution is -2.52. The van der Waals surface area contributed by atoms with Crippen LogP contribution >= 0.6 is 12.4 Å². The molecule has 0 bridgehead atoms. The van der Waals surface area contributed by atoms with Gasteiger partial charge in [0.1, 0.15) is 0 Å². The predicted molar refractivity (Wildman–Crippen MR) is 91.5 cm³/mol. The smallest absolute Gasteiger partial charge is 0.225 e. The fourth-order valence-electron chi connectivity index (χ4n) is 3.22. The van der Waals surface area contributed by atoms with Crippen LogP contribution in [0.3, 0.4) is 0 Å². The van der Waals surface area contributed by atoms with Gasteiger partial charge in [-0.1, -0.05) is 0 Å². The molecule has 0 aromatic carbocycles. The van der Waals surface area contributed by atoms with Gasteiger partial charge in [0.05, 0.1) is 12.7 Å². The van der Waals surface area contributed by atoms with Gasteiger partial charge < -0.3 is 15.0 Å². The average molecular weight is 334 g/mol. The Bertz CT molecular complexity index is 333. The van der Waals surface area contributed by atoms with Gasteiger partial charge in [0.15, 0.2) is 0 Å². The molecule has 0 unspecified atom stereocenters. The number of halogens is 1. The highest BCUT2D eigenvalue weighted by molar-refractivity contribution is 5.85. The summed E-state index contributed by atoms with van der Waals surface area (Å²) < 4.78 is 5.60. The van der Waals surface area contributed by atoms with E-state index < -0.39 is 0 Å². The Morgan fingerprint density at radius 3 is 2.55 bits per heavy atom. The molecule has 2 atom stereocenters. The van der Waals surface area contributed by atoms with Gasteiger partial charge >= 0.3 is 0 Å². The maximum Gasteiger partial charge on any atom is 0.225 e. The van der Waals surface area contributed by atoms with E-state index in [-0.39, 0.29) is 18.3 Å². The van der Waals surface area contributed by atoms with Crippen molar-refractivity contribution in [3.8, 4) is 0 Å². The predicted octanol–water partition coefficient (Wildman–Crippen LogP) is 1.37. The lowest BCUT2D eigenvalue weighted by Gasteiger charge is -2.38. The van der Waals surface area contributed by atoms with Crippen LogP contribution < -0.4 is 5.32 Å². The van der Waals surface area contributed by atoms with Crippen LogP contribution in [0.25, 0.3) is 0 Å². The fraction of sp³-hybridized carbons (Fsp3) is 0.938. The summed E-state index contributed by atoms with van der Waals surface area (Å²) in [5, 5.41) is 3.42. The Labute approximate surface area is 141 Å². The molecule has 5 nitrogen and oxygen atoms in total. The van der Waals surface area contributed by atoms with Crippen LogP contribution in [0.2, 0.25) is 0 Å². The van der Waals surface area contributed by atoms with Gasteiger partial charge in [-0.25, -0.2) is 0 Å². The molecule has 0 radical (unpaired) electrons. The Kier molecular flexibility index (Phi) is 8.69. The number of ether oxygens (including phenoxy) is 1. The summed E-state index contributed by atoms with van der Waals surface area (Å²) in [5.41, 5.74) is 0. The molecule has 1 amide bonds. The van der Waals surface area contributed by atoms with Crippen molar-refractivity contribution in [2.45, 2.75) is 45.8 Å². The second-order valence-electron chi connectivity index (χ2n) is 6.66. The highest BCUT2D eigenvalue weighted by atomic mass is 35.5. The second kappa shape index (κ2) is 9.71. The maximum absolute atomic E-state index is 12.6. The number of carbonyl (C=O) groups is 1. The number of amides is 1. The van der Waals surface area contributed by atoms with Gasteiger partial charge in [0, 0.05) is 44.7 Å². The van der Waals surface area contributed by atoms with Gasteiger partial charge in [-0.3, -0.25) is 9.69 Å². The van der Waals surface area contributed by atoms with Gasteiger partial charge in [-0.15, -0.1) is 12.4 Å². The number of rotatable bonds is 5. The largest absolute Gasteiger partial charge is 0.377 e. The third-order valence-corrected chi connectivity index (χ3v) is 4.52. The maximum atomic E-state index is 12.6. The van der Waals surface area contributed by atoms with E-state index in [1.165, 1.54) is 0 Å². The van der Waals surface area contributed by atoms with Gasteiger partial charge in [0.25, 0.3) is 0 Å². The van der Waals surface area contributed by atoms with E-state index in [0.717, 1.165) is 58.7 Å². The quantitative estimate of drug-likeness (QED) is 0.825. The summed E-state index contributed by atoms with van der Waals surface area (Å²) in [6.45, 7) is 12.8. The minimum absolute atomic E-state index is 0. The number of piperazine rings is 1. The van der Waals surface area contributed by atoms with E-state index in [0.29, 0.717) is 18.1 Å². The van der Waals surface area contributed by atoms with Crippen LogP contribution in [0.1, 0.15) is 33.6 Å². The van der Waals surface area contributed by atoms with E-state index >= 15 is 0 Å². The number of nitrogens with zero attached hydrogens (tertiary/aromatic N) is 2. The summed E-state index contributed by atoms with van der Waals surface area (Å²) in [6, 6.07) is 0.474. The van der Waals surface area contributed by atoms with Crippen molar-refractivity contribution in [3.05, 3.63) is 0 Å². The number of hydrogen-bond donors (Lipinski definition) is 1. The first-order valence-corrected chi connectivity index (χ1v) is 8.42. The minimum atomic E-state index is 0. The van der Waals surface area contributed by atoms with E-state index in [2.05, 4.69) is 35.9 Å². The van der Waals surface area contributed by atoms with E-state index in [4.69, 9.17) is 4.74 Å². The first kappa shape index (κ1) is 19.7. The molecule has 0 spiro atoms. The molecule has 0 aromatic heterocycles. The van der Waals surface area contributed by atoms with Crippen molar-refractivity contribution in [3.63, 3.8) is 0 Å². The van der Waals surface area contributed by atoms with E-state index in [1.807, 2.05) is 0 Å². The average Bonchev–Trinajstić information content (AvgIpc) is 2.47. The molecule has 22 heavy (non-hydrogen) atoms. The molecular formula is C16H32ClN3O2. The molecular weight excluding hydrogens is 302 g/mol. The standard InChI is InChI=1S/C16H31N3O2.ClH/c1-13(2)21-11-10-18-6-8-19(9-7-18)16(20)15-4-5-17-14(3)12-15;/h13-15,17H,4-12H2,1-3H3;1H/t14-,15-;/m0./s1. The lowest BCUT2D eigenvalue weighted by atomic mass is 9.92. The molecule has 2 heterocycles. The van der Waals surface area contributed by atoms with E-state index in [9.17, 15) is 4.79 Å². The monoisotopic (exact) mass is 333 g/mol. The molecule has 2 rings (SSSR count). The minimum Gasteiger partial charge on any atom is -0.377 e. The summed E-state index contributed by atoms with van der Waals surface area (Å²) in [4.78, 5) is 17.0. The van der Waals surface area contributed by atoms with Crippen LogP contribution in [-0.4, -0.2) is 73.7 Å². The Morgan fingerprint density at radius 2 is 1.95 bits per heavy atom. The van der Waals surface area contributed by atoms with Crippen molar-refractivity contribution in [2.24, 2.45) is 5.92 Å². The van der Waals surface area contributed by atoms with Gasteiger partial charge in [-0.05, 0) is 40.2 Å². The molecule has 0 aliphatic carbocycles. The topological polar surface area (TPSA) is 44.8 Å². The van der Waals surface area contributed by atoms with Crippen LogP contribution in [0.15, 0.2) is 0 Å². The van der Waals surface area contributed by atoms with Crippen LogP contribution in [0.4, 0.5) is 0 Å². The van der Waals surface area contributed by atoms with Crippen molar-refractivity contribution in [2.75, 3.05) is 45.9 Å². The molecule has 1 N–H and O–H groups in total. The summed E-state index contributed by atoms with van der Waals surface area (Å²) >= 11 is 0. The molecule has 2 aliphatic heterocycles. The molecule has 2 fully saturated rings. The highest BCUT2D eigenvalue weighted by Crippen LogP contribution is 2.19. The normalized spacial score (nSPS) is 26.8. The number of piperidine rings is 1. The second-order valence-corrected chi connectivity index (χ2v) is 6.66. The molecule has 6 heteroatoms. The Hall–Kier alpha value is -0.360. The van der Waals surface area contributed by atoms with E-state index in [1.54, 1.807) is 0 Å². The molecule has 130 valence electrons. The zero-order valence-electron chi connectivity index (χ0n) is 14.2. The third kappa shape index (κ3) is 6.03. The van der Waals surface area contributed by atoms with Crippen molar-refractivity contribution in [1.82, 2.24) is 15.1 Å². The van der Waals surface area contributed by atoms with Gasteiger partial charge in [0.2, 0.25) is 5.91 Å². The first-order chi connectivity index (χ1) is 10.1. The van der Waals surface area contributed by atoms with Crippen LogP contribution in [0, 0.1) is 5.92 Å². The Balaban J connectivity index is 0.00000242. The number of hydrogen-bond acceptors (Lipinski definition) is 4. The summed E-state index contributed by atoms with van der Waals surface area (Å²) in [5.74, 6) is 0.610. The first-order valence-electron chi connectivity index (χ1n) is 8.42. The van der Waals surface area contributed by atoms with Crippen molar-refractivity contribution >= 4 is 18.3 Å². The molecule has 0 saturated carbocycles. The zero-order chi connectivity index (χ0) is 15.2. The lowest BCUT2D eigenvalue weighted by molar-refractivity contribution is -0.138. The van der Waals surface area contributed by atoms with Crippen molar-refractivity contribution < 1.29 is 9.53 Å². The highest BCUT2D eigenvalue weighted by Gasteiger charge is 2.30. The molecule has 2 aliphatic rings. The number of nitrogens with one attached hydrogen (secondary N) is 1. The third-order valence-electron chi connectivity index (χ3n) is 4.52. The van der Waals surface area contributed by atoms with Crippen molar-refractivity contribution in [1.29, 1.82) is 0 Å². The Morgan fingerprint density at radius 1 is 1.27 bits per heavy atom. The number of carbonyl (C=O) groups excluding carboxylic acids is 1. The SMILES string of the molecule is CC(C)OCCN1CCN(C(=O)[C@H]2CCN[C@@H](C)C2)CC1.Cl. The fourth-order valence-corrected chi connectivity index (χ4v) is 3.22. The van der Waals surface area contributed by atoms with Crippen LogP contribution in [0.5, 0.6) is 0 Å². The van der Waals surface area contributed by atoms with Crippen LogP contribution in [-0.2, 0) is 9.53 Å².